The molecule has 0 radical (unpaired) electrons. The van der Waals surface area contributed by atoms with Crippen LogP contribution < -0.4 is 0 Å². The molecule has 1 heterocycles. The summed E-state index contributed by atoms with van der Waals surface area (Å²) < 4.78 is 31.5. The van der Waals surface area contributed by atoms with Crippen LogP contribution in [0.5, 0.6) is 0 Å². The second kappa shape index (κ2) is 7.98. The number of hydrogen-bond acceptors (Lipinski definition) is 5. The molecule has 0 aliphatic carbocycles. The summed E-state index contributed by atoms with van der Waals surface area (Å²) in [4.78, 5) is 4.27. The first-order chi connectivity index (χ1) is 12.7. The van der Waals surface area contributed by atoms with Gasteiger partial charge in [-0.15, -0.1) is 0 Å². The van der Waals surface area contributed by atoms with E-state index in [4.69, 9.17) is 27.7 Å². The molecular weight excluding hydrogens is 409 g/mol. The number of benzene rings is 2. The van der Waals surface area contributed by atoms with Gasteiger partial charge in [-0.1, -0.05) is 64.3 Å². The summed E-state index contributed by atoms with van der Waals surface area (Å²) in [5.41, 5.74) is 2.47. The highest BCUT2D eigenvalue weighted by atomic mass is 35.5. The van der Waals surface area contributed by atoms with Crippen LogP contribution in [0.4, 0.5) is 0 Å². The van der Waals surface area contributed by atoms with Gasteiger partial charge in [0, 0.05) is 12.6 Å². The van der Waals surface area contributed by atoms with Crippen LogP contribution in [-0.2, 0) is 22.3 Å². The van der Waals surface area contributed by atoms with E-state index in [0.29, 0.717) is 21.4 Å². The normalized spacial score (nSPS) is 11.9. The number of rotatable bonds is 6. The molecule has 27 heavy (non-hydrogen) atoms. The minimum absolute atomic E-state index is 0.0253. The number of nitrogens with zero attached hydrogens (tertiary/aromatic N) is 3. The Kier molecular flexibility index (Phi) is 5.86. The zero-order valence-corrected chi connectivity index (χ0v) is 17.0. The Hall–Kier alpha value is -1.93. The predicted molar refractivity (Wildman–Crippen MR) is 105 cm³/mol. The van der Waals surface area contributed by atoms with Crippen molar-refractivity contribution in [3.05, 3.63) is 69.5 Å². The number of hydrogen-bond donors (Lipinski definition) is 0. The lowest BCUT2D eigenvalue weighted by Crippen LogP contribution is -2.27. The molecule has 9 heteroatoms. The molecule has 0 spiro atoms. The molecule has 0 aliphatic rings. The standard InChI is InChI=1S/C18H17Cl2N3O3S/c1-12-3-6-14(7-4-12)18-21-17(26-22-18)10-23(2)27(24,25)11-13-5-8-15(19)16(20)9-13/h3-9H,10-11H2,1-2H3. The van der Waals surface area contributed by atoms with Crippen molar-refractivity contribution in [3.63, 3.8) is 0 Å². The van der Waals surface area contributed by atoms with Crippen molar-refractivity contribution in [2.24, 2.45) is 0 Å². The molecule has 3 rings (SSSR count). The van der Waals surface area contributed by atoms with Crippen LogP contribution in [0.2, 0.25) is 10.0 Å². The third-order valence-corrected chi connectivity index (χ3v) is 6.46. The molecule has 0 fully saturated rings. The first-order valence-corrected chi connectivity index (χ1v) is 10.4. The fourth-order valence-corrected chi connectivity index (χ4v) is 3.83. The summed E-state index contributed by atoms with van der Waals surface area (Å²) in [7, 11) is -2.14. The highest BCUT2D eigenvalue weighted by Gasteiger charge is 2.22. The van der Waals surface area contributed by atoms with Gasteiger partial charge in [-0.3, -0.25) is 0 Å². The van der Waals surface area contributed by atoms with Crippen LogP contribution in [0.1, 0.15) is 17.0 Å². The zero-order chi connectivity index (χ0) is 19.6. The lowest BCUT2D eigenvalue weighted by Gasteiger charge is -2.15. The largest absolute Gasteiger partial charge is 0.338 e. The van der Waals surface area contributed by atoms with Crippen LogP contribution in [0.25, 0.3) is 11.4 Å². The van der Waals surface area contributed by atoms with E-state index in [0.717, 1.165) is 11.1 Å². The lowest BCUT2D eigenvalue weighted by atomic mass is 10.1. The molecule has 0 amide bonds. The summed E-state index contributed by atoms with van der Waals surface area (Å²) >= 11 is 11.8. The molecule has 0 bridgehead atoms. The van der Waals surface area contributed by atoms with Gasteiger partial charge in [0.2, 0.25) is 21.7 Å². The topological polar surface area (TPSA) is 76.3 Å². The van der Waals surface area contributed by atoms with Gasteiger partial charge in [-0.25, -0.2) is 8.42 Å². The van der Waals surface area contributed by atoms with E-state index in [2.05, 4.69) is 10.1 Å². The maximum absolute atomic E-state index is 12.6. The van der Waals surface area contributed by atoms with Gasteiger partial charge >= 0.3 is 0 Å². The monoisotopic (exact) mass is 425 g/mol. The first-order valence-electron chi connectivity index (χ1n) is 8.02. The number of aryl methyl sites for hydroxylation is 1. The zero-order valence-electron chi connectivity index (χ0n) is 14.7. The number of aromatic nitrogens is 2. The maximum atomic E-state index is 12.6. The van der Waals surface area contributed by atoms with E-state index < -0.39 is 10.0 Å². The number of halogens is 2. The predicted octanol–water partition coefficient (Wildman–Crippen LogP) is 4.31. The van der Waals surface area contributed by atoms with Crippen molar-refractivity contribution < 1.29 is 12.9 Å². The van der Waals surface area contributed by atoms with Crippen LogP contribution >= 0.6 is 23.2 Å². The molecule has 0 atom stereocenters. The van der Waals surface area contributed by atoms with Crippen molar-refractivity contribution in [2.45, 2.75) is 19.2 Å². The van der Waals surface area contributed by atoms with E-state index in [9.17, 15) is 8.42 Å². The average molecular weight is 426 g/mol. The Morgan fingerprint density at radius 1 is 1.07 bits per heavy atom. The molecule has 1 aromatic heterocycles. The molecule has 6 nitrogen and oxygen atoms in total. The lowest BCUT2D eigenvalue weighted by molar-refractivity contribution is 0.336. The van der Waals surface area contributed by atoms with Crippen LogP contribution in [0.3, 0.4) is 0 Å². The average Bonchev–Trinajstić information content (AvgIpc) is 3.07. The van der Waals surface area contributed by atoms with Crippen LogP contribution in [0.15, 0.2) is 47.0 Å². The summed E-state index contributed by atoms with van der Waals surface area (Å²) in [6, 6.07) is 12.4. The third-order valence-electron chi connectivity index (χ3n) is 3.94. The molecule has 3 aromatic rings. The summed E-state index contributed by atoms with van der Waals surface area (Å²) in [5, 5.41) is 4.60. The van der Waals surface area contributed by atoms with Gasteiger partial charge in [0.25, 0.3) is 0 Å². The van der Waals surface area contributed by atoms with Gasteiger partial charge in [-0.2, -0.15) is 9.29 Å². The van der Waals surface area contributed by atoms with Gasteiger partial charge in [0.05, 0.1) is 22.3 Å². The van der Waals surface area contributed by atoms with Crippen LogP contribution in [-0.4, -0.2) is 29.9 Å². The highest BCUT2D eigenvalue weighted by Crippen LogP contribution is 2.24. The summed E-state index contributed by atoms with van der Waals surface area (Å²) in [6.07, 6.45) is 0. The van der Waals surface area contributed by atoms with E-state index in [1.807, 2.05) is 31.2 Å². The highest BCUT2D eigenvalue weighted by molar-refractivity contribution is 7.88. The third kappa shape index (κ3) is 4.87. The van der Waals surface area contributed by atoms with Crippen LogP contribution in [0, 0.1) is 6.92 Å². The first kappa shape index (κ1) is 19.8. The van der Waals surface area contributed by atoms with E-state index >= 15 is 0 Å². The van der Waals surface area contributed by atoms with Gasteiger partial charge in [0.1, 0.15) is 0 Å². The minimum Gasteiger partial charge on any atom is -0.338 e. The van der Waals surface area contributed by atoms with Gasteiger partial charge < -0.3 is 4.52 Å². The maximum Gasteiger partial charge on any atom is 0.242 e. The number of sulfonamides is 1. The summed E-state index contributed by atoms with van der Waals surface area (Å²) in [6.45, 7) is 1.96. The quantitative estimate of drug-likeness (QED) is 0.587. The molecular formula is C18H17Cl2N3O3S. The van der Waals surface area contributed by atoms with E-state index in [-0.39, 0.29) is 18.2 Å². The summed E-state index contributed by atoms with van der Waals surface area (Å²) in [5.74, 6) is 0.422. The van der Waals surface area contributed by atoms with E-state index in [1.54, 1.807) is 12.1 Å². The fraction of sp³-hybridized carbons (Fsp3) is 0.222. The second-order valence-electron chi connectivity index (χ2n) is 6.14. The second-order valence-corrected chi connectivity index (χ2v) is 9.03. The van der Waals surface area contributed by atoms with Crippen molar-refractivity contribution in [3.8, 4) is 11.4 Å². The Morgan fingerprint density at radius 2 is 1.78 bits per heavy atom. The minimum atomic E-state index is -3.60. The molecule has 0 aliphatic heterocycles. The Balaban J connectivity index is 1.71. The van der Waals surface area contributed by atoms with E-state index in [1.165, 1.54) is 17.4 Å². The van der Waals surface area contributed by atoms with Crippen molar-refractivity contribution in [1.29, 1.82) is 0 Å². The van der Waals surface area contributed by atoms with Crippen molar-refractivity contribution in [2.75, 3.05) is 7.05 Å². The molecule has 0 saturated carbocycles. The molecule has 142 valence electrons. The fourth-order valence-electron chi connectivity index (χ4n) is 2.38. The smallest absolute Gasteiger partial charge is 0.242 e. The molecule has 0 unspecified atom stereocenters. The van der Waals surface area contributed by atoms with Gasteiger partial charge in [-0.05, 0) is 24.6 Å². The molecule has 0 saturated heterocycles. The van der Waals surface area contributed by atoms with Gasteiger partial charge in [0.15, 0.2) is 0 Å². The van der Waals surface area contributed by atoms with Crippen molar-refractivity contribution in [1.82, 2.24) is 14.4 Å². The van der Waals surface area contributed by atoms with Crippen molar-refractivity contribution >= 4 is 33.2 Å². The Bertz CT molecular complexity index is 1050. The Labute approximate surface area is 167 Å². The SMILES string of the molecule is Cc1ccc(-c2noc(CN(C)S(=O)(=O)Cc3ccc(Cl)c(Cl)c3)n2)cc1. The Morgan fingerprint density at radius 3 is 2.44 bits per heavy atom. The molecule has 0 N–H and O–H groups in total. The molecule has 2 aromatic carbocycles.